The molecule has 414 valence electrons. The number of amides is 1. The molecule has 0 aromatic heterocycles. The van der Waals surface area contributed by atoms with Crippen molar-refractivity contribution in [3.63, 3.8) is 0 Å². The van der Waals surface area contributed by atoms with E-state index in [-0.39, 0.29) is 18.5 Å². The van der Waals surface area contributed by atoms with E-state index < -0.39 is 12.1 Å². The highest BCUT2D eigenvalue weighted by molar-refractivity contribution is 5.76. The number of carbonyl (C=O) groups excluding carboxylic acids is 2. The zero-order valence-electron chi connectivity index (χ0n) is 47.3. The van der Waals surface area contributed by atoms with E-state index in [1.165, 1.54) is 270 Å². The molecule has 6 nitrogen and oxygen atoms in total. The van der Waals surface area contributed by atoms with E-state index in [1.807, 2.05) is 6.08 Å². The highest BCUT2D eigenvalue weighted by Crippen LogP contribution is 2.17. The fourth-order valence-electron chi connectivity index (χ4n) is 9.87. The summed E-state index contributed by atoms with van der Waals surface area (Å²) >= 11 is 0. The molecule has 0 saturated heterocycles. The van der Waals surface area contributed by atoms with E-state index in [4.69, 9.17) is 4.74 Å². The summed E-state index contributed by atoms with van der Waals surface area (Å²) in [7, 11) is 0. The maximum absolute atomic E-state index is 12.5. The van der Waals surface area contributed by atoms with Crippen molar-refractivity contribution >= 4 is 11.9 Å². The topological polar surface area (TPSA) is 95.9 Å². The summed E-state index contributed by atoms with van der Waals surface area (Å²) in [5, 5.41) is 23.2. The number of unbranched alkanes of at least 4 members (excludes halogenated alkanes) is 46. The van der Waals surface area contributed by atoms with Crippen molar-refractivity contribution in [2.45, 2.75) is 360 Å². The van der Waals surface area contributed by atoms with Crippen molar-refractivity contribution < 1.29 is 24.5 Å². The Morgan fingerprint density at radius 1 is 0.386 bits per heavy atom. The molecule has 3 N–H and O–H groups in total. The van der Waals surface area contributed by atoms with E-state index in [1.54, 1.807) is 6.08 Å². The van der Waals surface area contributed by atoms with Crippen LogP contribution in [0.1, 0.15) is 348 Å². The summed E-state index contributed by atoms with van der Waals surface area (Å²) in [6.07, 6.45) is 73.6. The van der Waals surface area contributed by atoms with Gasteiger partial charge in [0, 0.05) is 12.8 Å². The molecule has 70 heavy (non-hydrogen) atoms. The molecule has 0 aliphatic heterocycles. The molecule has 0 aliphatic rings. The molecule has 2 atom stereocenters. The molecule has 0 heterocycles. The number of nitrogens with one attached hydrogen (secondary N) is 1. The van der Waals surface area contributed by atoms with Gasteiger partial charge in [0.25, 0.3) is 0 Å². The SMILES string of the molecule is CCCCCCCCCCCCCCCCCCCCCC/C=C/C(O)C(CO)NC(=O)CCCCCCCCC/C=C\CCCCCCCCCCCOC(=O)CCCCCCCCCCCCC. The van der Waals surface area contributed by atoms with Crippen molar-refractivity contribution in [2.24, 2.45) is 0 Å². The molecule has 6 heteroatoms. The van der Waals surface area contributed by atoms with Gasteiger partial charge >= 0.3 is 5.97 Å². The monoisotopic (exact) mass is 986 g/mol. The molecule has 0 bridgehead atoms. The van der Waals surface area contributed by atoms with Crippen molar-refractivity contribution in [1.82, 2.24) is 5.32 Å². The molecule has 0 aliphatic carbocycles. The highest BCUT2D eigenvalue weighted by Gasteiger charge is 2.18. The van der Waals surface area contributed by atoms with Crippen molar-refractivity contribution in [3.05, 3.63) is 24.3 Å². The van der Waals surface area contributed by atoms with E-state index in [2.05, 4.69) is 31.3 Å². The number of esters is 1. The van der Waals surface area contributed by atoms with Crippen LogP contribution in [0.4, 0.5) is 0 Å². The Kier molecular flexibility index (Phi) is 58.5. The van der Waals surface area contributed by atoms with Crippen LogP contribution in [0.3, 0.4) is 0 Å². The van der Waals surface area contributed by atoms with Crippen LogP contribution < -0.4 is 5.32 Å². The largest absolute Gasteiger partial charge is 0.466 e. The average molecular weight is 987 g/mol. The minimum atomic E-state index is -0.851. The predicted octanol–water partition coefficient (Wildman–Crippen LogP) is 19.8. The summed E-state index contributed by atoms with van der Waals surface area (Å²) in [5.74, 6) is -0.0676. The number of carbonyl (C=O) groups is 2. The first-order chi connectivity index (χ1) is 34.5. The van der Waals surface area contributed by atoms with E-state index in [0.29, 0.717) is 19.4 Å². The smallest absolute Gasteiger partial charge is 0.305 e. The zero-order valence-corrected chi connectivity index (χ0v) is 47.3. The van der Waals surface area contributed by atoms with Gasteiger partial charge in [0.1, 0.15) is 0 Å². The molecule has 0 aromatic rings. The molecule has 0 saturated carbocycles. The second kappa shape index (κ2) is 59.9. The van der Waals surface area contributed by atoms with Crippen LogP contribution in [0.25, 0.3) is 0 Å². The van der Waals surface area contributed by atoms with Gasteiger partial charge in [0.15, 0.2) is 0 Å². The van der Waals surface area contributed by atoms with Crippen LogP contribution >= 0.6 is 0 Å². The van der Waals surface area contributed by atoms with Gasteiger partial charge in [-0.1, -0.05) is 301 Å². The molecule has 0 aromatic carbocycles. The van der Waals surface area contributed by atoms with Gasteiger partial charge in [-0.15, -0.1) is 0 Å². The Morgan fingerprint density at radius 3 is 1.01 bits per heavy atom. The van der Waals surface area contributed by atoms with Gasteiger partial charge in [-0.3, -0.25) is 9.59 Å². The second-order valence-corrected chi connectivity index (χ2v) is 21.7. The fourth-order valence-corrected chi connectivity index (χ4v) is 9.87. The Labute approximate surface area is 437 Å². The van der Waals surface area contributed by atoms with Crippen LogP contribution in [-0.2, 0) is 14.3 Å². The third kappa shape index (κ3) is 55.7. The highest BCUT2D eigenvalue weighted by atomic mass is 16.5. The number of ether oxygens (including phenoxy) is 1. The van der Waals surface area contributed by atoms with Crippen molar-refractivity contribution in [2.75, 3.05) is 13.2 Å². The molecule has 0 fully saturated rings. The molecule has 0 spiro atoms. The van der Waals surface area contributed by atoms with Gasteiger partial charge in [0.2, 0.25) is 5.91 Å². The molecule has 1 amide bonds. The van der Waals surface area contributed by atoms with Gasteiger partial charge in [-0.05, 0) is 57.8 Å². The quantitative estimate of drug-likeness (QED) is 0.0321. The third-order valence-corrected chi connectivity index (χ3v) is 14.7. The number of aliphatic hydroxyl groups is 2. The molecular formula is C64H123NO5. The predicted molar refractivity (Wildman–Crippen MR) is 306 cm³/mol. The van der Waals surface area contributed by atoms with Crippen LogP contribution in [0, 0.1) is 0 Å². The first-order valence-corrected chi connectivity index (χ1v) is 31.6. The molecular weight excluding hydrogens is 863 g/mol. The molecule has 0 rings (SSSR count). The van der Waals surface area contributed by atoms with E-state index in [0.717, 1.165) is 51.4 Å². The van der Waals surface area contributed by atoms with Gasteiger partial charge in [-0.2, -0.15) is 0 Å². The Balaban J connectivity index is 3.47. The lowest BCUT2D eigenvalue weighted by atomic mass is 10.0. The van der Waals surface area contributed by atoms with Gasteiger partial charge < -0.3 is 20.3 Å². The van der Waals surface area contributed by atoms with Crippen LogP contribution in [0.15, 0.2) is 24.3 Å². The minimum Gasteiger partial charge on any atom is -0.466 e. The van der Waals surface area contributed by atoms with Gasteiger partial charge in [-0.25, -0.2) is 0 Å². The summed E-state index contributed by atoms with van der Waals surface area (Å²) in [4.78, 5) is 24.5. The second-order valence-electron chi connectivity index (χ2n) is 21.7. The summed E-state index contributed by atoms with van der Waals surface area (Å²) in [6.45, 7) is 4.92. The lowest BCUT2D eigenvalue weighted by Crippen LogP contribution is -2.45. The van der Waals surface area contributed by atoms with Crippen LogP contribution in [0.5, 0.6) is 0 Å². The first kappa shape index (κ1) is 68.3. The zero-order chi connectivity index (χ0) is 50.7. The van der Waals surface area contributed by atoms with Crippen LogP contribution in [0.2, 0.25) is 0 Å². The average Bonchev–Trinajstić information content (AvgIpc) is 3.36. The Hall–Kier alpha value is -1.66. The summed E-state index contributed by atoms with van der Waals surface area (Å²) in [5.41, 5.74) is 0. The normalized spacial score (nSPS) is 12.7. The number of aliphatic hydroxyl groups excluding tert-OH is 2. The lowest BCUT2D eigenvalue weighted by molar-refractivity contribution is -0.143. The summed E-state index contributed by atoms with van der Waals surface area (Å²) < 4.78 is 5.46. The number of allylic oxidation sites excluding steroid dienone is 3. The number of hydrogen-bond donors (Lipinski definition) is 3. The maximum atomic E-state index is 12.5. The minimum absolute atomic E-state index is 0.00570. The standard InChI is InChI=1S/C64H123NO5/c1-3-5-7-9-11-13-15-16-17-18-19-20-21-24-27-30-33-37-40-44-48-52-56-62(67)61(60-66)65-63(68)57-53-49-45-41-38-34-31-28-25-22-23-26-29-32-35-39-43-47-51-55-59-70-64(69)58-54-50-46-42-36-14-12-10-8-6-4-2/h22,25,52,56,61-62,66-67H,3-21,23-24,26-51,53-55,57-60H2,1-2H3,(H,65,68)/b25-22-,56-52+. The maximum Gasteiger partial charge on any atom is 0.305 e. The van der Waals surface area contributed by atoms with Crippen molar-refractivity contribution in [1.29, 1.82) is 0 Å². The number of hydrogen-bond acceptors (Lipinski definition) is 5. The first-order valence-electron chi connectivity index (χ1n) is 31.6. The van der Waals surface area contributed by atoms with Gasteiger partial charge in [0.05, 0.1) is 25.4 Å². The summed E-state index contributed by atoms with van der Waals surface area (Å²) in [6, 6.07) is -0.635. The molecule has 0 radical (unpaired) electrons. The fraction of sp³-hybridized carbons (Fsp3) is 0.906. The Bertz CT molecular complexity index is 1090. The van der Waals surface area contributed by atoms with Crippen molar-refractivity contribution in [3.8, 4) is 0 Å². The molecule has 2 unspecified atom stereocenters. The Morgan fingerprint density at radius 2 is 0.671 bits per heavy atom. The third-order valence-electron chi connectivity index (χ3n) is 14.7. The van der Waals surface area contributed by atoms with E-state index >= 15 is 0 Å². The lowest BCUT2D eigenvalue weighted by Gasteiger charge is -2.20. The number of rotatable bonds is 59. The van der Waals surface area contributed by atoms with E-state index in [9.17, 15) is 19.8 Å². The van der Waals surface area contributed by atoms with Crippen LogP contribution in [-0.4, -0.2) is 47.4 Å².